The van der Waals surface area contributed by atoms with Crippen LogP contribution in [-0.2, 0) is 19.1 Å². The summed E-state index contributed by atoms with van der Waals surface area (Å²) in [5.41, 5.74) is 0. The summed E-state index contributed by atoms with van der Waals surface area (Å²) in [6.07, 6.45) is 10.7. The van der Waals surface area contributed by atoms with Gasteiger partial charge in [-0.1, -0.05) is 59.6 Å². The quantitative estimate of drug-likeness (QED) is 0.253. The van der Waals surface area contributed by atoms with Gasteiger partial charge in [0.2, 0.25) is 0 Å². The largest absolute Gasteiger partial charge is 0.465 e. The van der Waals surface area contributed by atoms with Crippen LogP contribution in [0.5, 0.6) is 0 Å². The van der Waals surface area contributed by atoms with E-state index >= 15 is 0 Å². The molecule has 0 aromatic heterocycles. The predicted molar refractivity (Wildman–Crippen MR) is 109 cm³/mol. The van der Waals surface area contributed by atoms with E-state index in [2.05, 4.69) is 27.7 Å². The van der Waals surface area contributed by atoms with Crippen LogP contribution in [0, 0.1) is 29.6 Å². The van der Waals surface area contributed by atoms with E-state index in [0.717, 1.165) is 38.5 Å². The van der Waals surface area contributed by atoms with Crippen molar-refractivity contribution >= 4 is 11.9 Å². The molecule has 27 heavy (non-hydrogen) atoms. The van der Waals surface area contributed by atoms with E-state index in [9.17, 15) is 9.59 Å². The van der Waals surface area contributed by atoms with E-state index in [-0.39, 0.29) is 17.9 Å². The van der Waals surface area contributed by atoms with Crippen molar-refractivity contribution in [3.63, 3.8) is 0 Å². The molecule has 1 rings (SSSR count). The third-order valence-corrected chi connectivity index (χ3v) is 5.24. The average molecular weight is 381 g/mol. The maximum atomic E-state index is 12.6. The first kappa shape index (κ1) is 23.7. The van der Waals surface area contributed by atoms with E-state index in [0.29, 0.717) is 31.5 Å². The van der Waals surface area contributed by atoms with Crippen molar-refractivity contribution in [2.24, 2.45) is 29.6 Å². The van der Waals surface area contributed by atoms with Crippen LogP contribution in [0.1, 0.15) is 79.6 Å². The normalized spacial score (nSPS) is 22.3. The van der Waals surface area contributed by atoms with Crippen LogP contribution in [0.4, 0.5) is 0 Å². The molecule has 0 fully saturated rings. The Morgan fingerprint density at radius 2 is 1.41 bits per heavy atom. The third kappa shape index (κ3) is 9.44. The fraction of sp³-hybridized carbons (Fsp3) is 0.826. The first-order chi connectivity index (χ1) is 12.8. The van der Waals surface area contributed by atoms with E-state index in [1.165, 1.54) is 0 Å². The summed E-state index contributed by atoms with van der Waals surface area (Å²) in [6.45, 7) is 11.6. The van der Waals surface area contributed by atoms with Gasteiger partial charge in [0.25, 0.3) is 0 Å². The summed E-state index contributed by atoms with van der Waals surface area (Å²) in [7, 11) is 0. The zero-order valence-electron chi connectivity index (χ0n) is 18.0. The molecule has 0 aromatic carbocycles. The van der Waals surface area contributed by atoms with Gasteiger partial charge in [-0.3, -0.25) is 9.59 Å². The summed E-state index contributed by atoms with van der Waals surface area (Å²) >= 11 is 0. The molecule has 0 bridgehead atoms. The highest BCUT2D eigenvalue weighted by molar-refractivity contribution is 5.83. The lowest BCUT2D eigenvalue weighted by atomic mass is 9.76. The Kier molecular flexibility index (Phi) is 11.4. The van der Waals surface area contributed by atoms with Crippen molar-refractivity contribution in [3.8, 4) is 0 Å². The highest BCUT2D eigenvalue weighted by Gasteiger charge is 2.40. The lowest BCUT2D eigenvalue weighted by Gasteiger charge is -2.30. The van der Waals surface area contributed by atoms with Gasteiger partial charge < -0.3 is 9.47 Å². The highest BCUT2D eigenvalue weighted by atomic mass is 16.5. The Morgan fingerprint density at radius 1 is 0.889 bits per heavy atom. The van der Waals surface area contributed by atoms with Gasteiger partial charge >= 0.3 is 11.9 Å². The zero-order chi connectivity index (χ0) is 20.2. The van der Waals surface area contributed by atoms with Crippen LogP contribution in [-0.4, -0.2) is 25.2 Å². The molecule has 0 spiro atoms. The SMILES string of the molecule is CC(C)CCCCOC(=O)C1CC=CC(C)C1C(=O)OCCCCC(C)C. The van der Waals surface area contributed by atoms with Gasteiger partial charge in [0.1, 0.15) is 0 Å². The maximum Gasteiger partial charge on any atom is 0.310 e. The first-order valence-corrected chi connectivity index (χ1v) is 10.8. The number of carbonyl (C=O) groups is 2. The Labute approximate surface area is 166 Å². The van der Waals surface area contributed by atoms with Gasteiger partial charge in [-0.25, -0.2) is 0 Å². The number of hydrogen-bond acceptors (Lipinski definition) is 4. The van der Waals surface area contributed by atoms with Gasteiger partial charge in [-0.2, -0.15) is 0 Å². The molecule has 0 amide bonds. The van der Waals surface area contributed by atoms with Gasteiger partial charge in [-0.05, 0) is 49.9 Å². The van der Waals surface area contributed by atoms with Gasteiger partial charge in [-0.15, -0.1) is 0 Å². The molecule has 0 saturated carbocycles. The second-order valence-corrected chi connectivity index (χ2v) is 8.77. The molecule has 3 atom stereocenters. The zero-order valence-corrected chi connectivity index (χ0v) is 18.0. The summed E-state index contributed by atoms with van der Waals surface area (Å²) in [4.78, 5) is 25.2. The number of allylic oxidation sites excluding steroid dienone is 2. The molecule has 0 aliphatic heterocycles. The molecule has 4 nitrogen and oxygen atoms in total. The number of carbonyl (C=O) groups excluding carboxylic acids is 2. The predicted octanol–water partition coefficient (Wildman–Crippen LogP) is 5.55. The van der Waals surface area contributed by atoms with E-state index in [4.69, 9.17) is 9.47 Å². The summed E-state index contributed by atoms with van der Waals surface area (Å²) in [5.74, 6) is -0.00814. The van der Waals surface area contributed by atoms with Crippen LogP contribution in [0.3, 0.4) is 0 Å². The lowest BCUT2D eigenvalue weighted by molar-refractivity contribution is -0.162. The topological polar surface area (TPSA) is 52.6 Å². The average Bonchev–Trinajstić information content (AvgIpc) is 2.60. The minimum atomic E-state index is -0.428. The molecule has 3 unspecified atom stereocenters. The van der Waals surface area contributed by atoms with Crippen molar-refractivity contribution in [2.45, 2.75) is 79.6 Å². The van der Waals surface area contributed by atoms with E-state index in [1.54, 1.807) is 0 Å². The molecule has 0 N–H and O–H groups in total. The molecule has 0 radical (unpaired) electrons. The maximum absolute atomic E-state index is 12.6. The summed E-state index contributed by atoms with van der Waals surface area (Å²) in [5, 5.41) is 0. The van der Waals surface area contributed by atoms with Gasteiger partial charge in [0, 0.05) is 0 Å². The molecule has 0 heterocycles. The smallest absolute Gasteiger partial charge is 0.310 e. The van der Waals surface area contributed by atoms with Crippen LogP contribution >= 0.6 is 0 Å². The van der Waals surface area contributed by atoms with Crippen LogP contribution in [0.15, 0.2) is 12.2 Å². The molecule has 156 valence electrons. The number of rotatable bonds is 12. The number of hydrogen-bond donors (Lipinski definition) is 0. The Bertz CT molecular complexity index is 467. The lowest BCUT2D eigenvalue weighted by Crippen LogP contribution is -2.38. The van der Waals surface area contributed by atoms with E-state index < -0.39 is 11.8 Å². The van der Waals surface area contributed by atoms with Gasteiger partial charge in [0.15, 0.2) is 0 Å². The second-order valence-electron chi connectivity index (χ2n) is 8.77. The Hall–Kier alpha value is -1.32. The first-order valence-electron chi connectivity index (χ1n) is 10.8. The van der Waals surface area contributed by atoms with Crippen molar-refractivity contribution in [1.82, 2.24) is 0 Å². The molecule has 4 heteroatoms. The molecule has 1 aliphatic carbocycles. The number of ether oxygens (including phenoxy) is 2. The fourth-order valence-corrected chi connectivity index (χ4v) is 3.55. The van der Waals surface area contributed by atoms with Crippen LogP contribution in [0.2, 0.25) is 0 Å². The molecular weight excluding hydrogens is 340 g/mol. The number of unbranched alkanes of at least 4 members (excludes halogenated alkanes) is 2. The van der Waals surface area contributed by atoms with Crippen LogP contribution < -0.4 is 0 Å². The standard InChI is InChI=1S/C23H40O4/c1-17(2)11-6-8-15-26-22(24)20-14-10-13-19(5)21(20)23(25)27-16-9-7-12-18(3)4/h10,13,17-21H,6-9,11-12,14-16H2,1-5H3. The van der Waals surface area contributed by atoms with Crippen molar-refractivity contribution in [3.05, 3.63) is 12.2 Å². The Morgan fingerprint density at radius 3 is 1.93 bits per heavy atom. The second kappa shape index (κ2) is 13.0. The molecule has 0 aromatic rings. The van der Waals surface area contributed by atoms with Crippen LogP contribution in [0.25, 0.3) is 0 Å². The summed E-state index contributed by atoms with van der Waals surface area (Å²) < 4.78 is 11.0. The molecular formula is C23H40O4. The Balaban J connectivity index is 2.45. The minimum absolute atomic E-state index is 0.000375. The van der Waals surface area contributed by atoms with Gasteiger partial charge in [0.05, 0.1) is 25.0 Å². The molecule has 1 aliphatic rings. The van der Waals surface area contributed by atoms with E-state index in [1.807, 2.05) is 19.1 Å². The monoisotopic (exact) mass is 380 g/mol. The molecule has 0 saturated heterocycles. The third-order valence-electron chi connectivity index (χ3n) is 5.24. The van der Waals surface area contributed by atoms with Crippen molar-refractivity contribution in [1.29, 1.82) is 0 Å². The highest BCUT2D eigenvalue weighted by Crippen LogP contribution is 2.32. The number of esters is 2. The fourth-order valence-electron chi connectivity index (χ4n) is 3.55. The minimum Gasteiger partial charge on any atom is -0.465 e. The summed E-state index contributed by atoms with van der Waals surface area (Å²) in [6, 6.07) is 0. The van der Waals surface area contributed by atoms with Crippen molar-refractivity contribution in [2.75, 3.05) is 13.2 Å². The van der Waals surface area contributed by atoms with Crippen molar-refractivity contribution < 1.29 is 19.1 Å².